The number of aryl methyl sites for hydroxylation is 1. The average molecular weight is 369 g/mol. The zero-order valence-electron chi connectivity index (χ0n) is 14.2. The molecule has 0 saturated carbocycles. The molecule has 2 saturated heterocycles. The summed E-state index contributed by atoms with van der Waals surface area (Å²) >= 11 is 0. The van der Waals surface area contributed by atoms with Crippen molar-refractivity contribution < 1.29 is 33.0 Å². The normalized spacial score (nSPS) is 25.2. The van der Waals surface area contributed by atoms with Gasteiger partial charge in [0.05, 0.1) is 12.0 Å². The molecule has 2 heterocycles. The van der Waals surface area contributed by atoms with E-state index in [1.807, 2.05) is 0 Å². The number of ether oxygens (including phenoxy) is 2. The number of hydrogen-bond donors (Lipinski definition) is 1. The third-order valence-corrected chi connectivity index (χ3v) is 5.26. The van der Waals surface area contributed by atoms with E-state index in [0.717, 1.165) is 5.56 Å². The van der Waals surface area contributed by atoms with E-state index in [1.54, 1.807) is 17.0 Å². The van der Waals surface area contributed by atoms with Gasteiger partial charge < -0.3 is 19.5 Å². The van der Waals surface area contributed by atoms with Crippen LogP contribution in [0.15, 0.2) is 24.3 Å². The predicted octanol–water partition coefficient (Wildman–Crippen LogP) is 2.17. The highest BCUT2D eigenvalue weighted by Crippen LogP contribution is 2.42. The van der Waals surface area contributed by atoms with Gasteiger partial charge in [-0.15, -0.1) is 0 Å². The molecule has 1 aromatic rings. The number of likely N-dealkylation sites (tertiary alicyclic amines) is 1. The third-order valence-electron chi connectivity index (χ3n) is 5.26. The van der Waals surface area contributed by atoms with Crippen molar-refractivity contribution in [3.05, 3.63) is 29.8 Å². The smallest absolute Gasteiger partial charge is 0.387 e. The lowest BCUT2D eigenvalue weighted by atomic mass is 9.74. The molecule has 2 fully saturated rings. The summed E-state index contributed by atoms with van der Waals surface area (Å²) in [5.41, 5.74) is -0.0739. The maximum absolute atomic E-state index is 12.5. The van der Waals surface area contributed by atoms with E-state index in [9.17, 15) is 23.5 Å². The van der Waals surface area contributed by atoms with E-state index in [2.05, 4.69) is 4.74 Å². The summed E-state index contributed by atoms with van der Waals surface area (Å²) in [4.78, 5) is 25.9. The second-order valence-electron chi connectivity index (χ2n) is 6.78. The lowest BCUT2D eigenvalue weighted by Gasteiger charge is -2.33. The number of carbonyl (C=O) groups is 2. The molecule has 2 aliphatic rings. The Labute approximate surface area is 149 Å². The molecule has 142 valence electrons. The summed E-state index contributed by atoms with van der Waals surface area (Å²) in [5, 5.41) is 9.64. The molecule has 1 amide bonds. The standard InChI is InChI=1S/C18H21F2NO5/c19-17(20)26-14-4-1-12(2-5-14)3-6-15(22)21-9-13-10-25-8-7-18(13,11-21)16(23)24/h1-2,4-5,13,17H,3,6-11H2,(H,23,24)/t13-,18+/m0/s1. The van der Waals surface area contributed by atoms with Crippen molar-refractivity contribution in [3.8, 4) is 5.75 Å². The SMILES string of the molecule is O=C(CCc1ccc(OC(F)F)cc1)N1C[C@H]2COCC[C@@]2(C(=O)O)C1. The molecule has 2 atom stereocenters. The topological polar surface area (TPSA) is 76.1 Å². The molecular weight excluding hydrogens is 348 g/mol. The molecular formula is C18H21F2NO5. The van der Waals surface area contributed by atoms with Gasteiger partial charge in [0.25, 0.3) is 0 Å². The van der Waals surface area contributed by atoms with Crippen LogP contribution in [-0.2, 0) is 20.7 Å². The number of amides is 1. The van der Waals surface area contributed by atoms with E-state index in [0.29, 0.717) is 32.6 Å². The Balaban J connectivity index is 1.56. The third kappa shape index (κ3) is 3.80. The monoisotopic (exact) mass is 369 g/mol. The van der Waals surface area contributed by atoms with Gasteiger partial charge >= 0.3 is 12.6 Å². The molecule has 1 aromatic carbocycles. The number of aliphatic carboxylic acids is 1. The van der Waals surface area contributed by atoms with Crippen LogP contribution in [0, 0.1) is 11.3 Å². The molecule has 26 heavy (non-hydrogen) atoms. The van der Waals surface area contributed by atoms with E-state index >= 15 is 0 Å². The molecule has 0 spiro atoms. The number of carboxylic acid groups (broad SMARTS) is 1. The largest absolute Gasteiger partial charge is 0.481 e. The Morgan fingerprint density at radius 3 is 2.69 bits per heavy atom. The number of hydrogen-bond acceptors (Lipinski definition) is 4. The molecule has 0 radical (unpaired) electrons. The Kier molecular flexibility index (Phi) is 5.41. The predicted molar refractivity (Wildman–Crippen MR) is 87.0 cm³/mol. The first kappa shape index (κ1) is 18.6. The number of alkyl halides is 2. The van der Waals surface area contributed by atoms with Gasteiger partial charge in [-0.25, -0.2) is 0 Å². The van der Waals surface area contributed by atoms with Crippen LogP contribution in [0.2, 0.25) is 0 Å². The Morgan fingerprint density at radius 2 is 2.08 bits per heavy atom. The van der Waals surface area contributed by atoms with Crippen LogP contribution in [-0.4, -0.2) is 54.8 Å². The number of carbonyl (C=O) groups excluding carboxylic acids is 1. The number of rotatable bonds is 6. The van der Waals surface area contributed by atoms with Crippen molar-refractivity contribution in [1.29, 1.82) is 0 Å². The zero-order chi connectivity index (χ0) is 18.7. The highest BCUT2D eigenvalue weighted by atomic mass is 19.3. The van der Waals surface area contributed by atoms with Crippen molar-refractivity contribution in [3.63, 3.8) is 0 Å². The van der Waals surface area contributed by atoms with Gasteiger partial charge in [0.15, 0.2) is 0 Å². The number of carboxylic acids is 1. The molecule has 0 unspecified atom stereocenters. The van der Waals surface area contributed by atoms with Crippen molar-refractivity contribution in [2.24, 2.45) is 11.3 Å². The summed E-state index contributed by atoms with van der Waals surface area (Å²) in [6, 6.07) is 6.16. The van der Waals surface area contributed by atoms with Gasteiger partial charge in [-0.05, 0) is 30.5 Å². The second kappa shape index (κ2) is 7.57. The van der Waals surface area contributed by atoms with Crippen LogP contribution >= 0.6 is 0 Å². The van der Waals surface area contributed by atoms with E-state index < -0.39 is 18.0 Å². The fraction of sp³-hybridized carbons (Fsp3) is 0.556. The first-order valence-corrected chi connectivity index (χ1v) is 8.53. The summed E-state index contributed by atoms with van der Waals surface area (Å²) in [5.74, 6) is -1.07. The molecule has 8 heteroatoms. The van der Waals surface area contributed by atoms with Crippen LogP contribution in [0.5, 0.6) is 5.75 Å². The molecule has 0 aromatic heterocycles. The van der Waals surface area contributed by atoms with Crippen LogP contribution < -0.4 is 4.74 Å². The highest BCUT2D eigenvalue weighted by Gasteiger charge is 2.54. The van der Waals surface area contributed by atoms with E-state index in [1.165, 1.54) is 12.1 Å². The van der Waals surface area contributed by atoms with Gasteiger partial charge in [0, 0.05) is 32.0 Å². The van der Waals surface area contributed by atoms with Crippen molar-refractivity contribution >= 4 is 11.9 Å². The summed E-state index contributed by atoms with van der Waals surface area (Å²) in [6.45, 7) is -1.49. The minimum Gasteiger partial charge on any atom is -0.481 e. The van der Waals surface area contributed by atoms with Crippen LogP contribution in [0.3, 0.4) is 0 Å². The molecule has 2 aliphatic heterocycles. The molecule has 3 rings (SSSR count). The lowest BCUT2D eigenvalue weighted by molar-refractivity contribution is -0.157. The van der Waals surface area contributed by atoms with Gasteiger partial charge in [0.1, 0.15) is 5.75 Å². The Bertz CT molecular complexity index is 666. The first-order chi connectivity index (χ1) is 12.4. The van der Waals surface area contributed by atoms with E-state index in [-0.39, 0.29) is 30.5 Å². The Morgan fingerprint density at radius 1 is 1.35 bits per heavy atom. The quantitative estimate of drug-likeness (QED) is 0.832. The number of nitrogens with zero attached hydrogens (tertiary/aromatic N) is 1. The van der Waals surface area contributed by atoms with Gasteiger partial charge in [0.2, 0.25) is 5.91 Å². The van der Waals surface area contributed by atoms with Crippen LogP contribution in [0.1, 0.15) is 18.4 Å². The molecule has 1 N–H and O–H groups in total. The van der Waals surface area contributed by atoms with Gasteiger partial charge in [-0.3, -0.25) is 9.59 Å². The first-order valence-electron chi connectivity index (χ1n) is 8.53. The van der Waals surface area contributed by atoms with Gasteiger partial charge in [-0.2, -0.15) is 8.78 Å². The fourth-order valence-corrected chi connectivity index (χ4v) is 3.74. The minimum absolute atomic E-state index is 0.0714. The maximum atomic E-state index is 12.5. The molecule has 0 aliphatic carbocycles. The lowest BCUT2D eigenvalue weighted by Crippen LogP contribution is -2.45. The highest BCUT2D eigenvalue weighted by molar-refractivity contribution is 5.81. The second-order valence-corrected chi connectivity index (χ2v) is 6.78. The Hall–Kier alpha value is -2.22. The summed E-state index contributed by atoms with van der Waals surface area (Å²) in [7, 11) is 0. The zero-order valence-corrected chi connectivity index (χ0v) is 14.2. The van der Waals surface area contributed by atoms with Crippen molar-refractivity contribution in [2.45, 2.75) is 25.9 Å². The fourth-order valence-electron chi connectivity index (χ4n) is 3.74. The van der Waals surface area contributed by atoms with Crippen LogP contribution in [0.4, 0.5) is 8.78 Å². The molecule has 0 bridgehead atoms. The number of benzene rings is 1. The number of halogens is 2. The van der Waals surface area contributed by atoms with Crippen LogP contribution in [0.25, 0.3) is 0 Å². The average Bonchev–Trinajstić information content (AvgIpc) is 3.01. The summed E-state index contributed by atoms with van der Waals surface area (Å²) in [6.07, 6.45) is 1.10. The maximum Gasteiger partial charge on any atom is 0.387 e. The van der Waals surface area contributed by atoms with Crippen molar-refractivity contribution in [1.82, 2.24) is 4.90 Å². The van der Waals surface area contributed by atoms with E-state index in [4.69, 9.17) is 4.74 Å². The minimum atomic E-state index is -2.87. The number of fused-ring (bicyclic) bond motifs is 1. The summed E-state index contributed by atoms with van der Waals surface area (Å²) < 4.78 is 34.0. The molecule has 6 nitrogen and oxygen atoms in total. The van der Waals surface area contributed by atoms with Gasteiger partial charge in [-0.1, -0.05) is 12.1 Å². The van der Waals surface area contributed by atoms with Crippen molar-refractivity contribution in [2.75, 3.05) is 26.3 Å².